The fourth-order valence-corrected chi connectivity index (χ4v) is 2.73. The standard InChI is InChI=1S/C14H10N2O/c17-12-7-16-14-10-2-1-8-5-6-15-13(8)9(10)3-4-11(12)14/h1-4H,5-7H2. The van der Waals surface area contributed by atoms with E-state index in [9.17, 15) is 4.79 Å². The molecule has 0 radical (unpaired) electrons. The van der Waals surface area contributed by atoms with Gasteiger partial charge in [0, 0.05) is 22.9 Å². The highest BCUT2D eigenvalue weighted by atomic mass is 16.1. The highest BCUT2D eigenvalue weighted by Crippen LogP contribution is 2.14. The fourth-order valence-electron chi connectivity index (χ4n) is 2.73. The summed E-state index contributed by atoms with van der Waals surface area (Å²) in [5.74, 6) is 0.124. The number of hydrogen-bond acceptors (Lipinski definition) is 3. The van der Waals surface area contributed by atoms with Crippen LogP contribution in [0.25, 0.3) is 10.8 Å². The number of carbonyl (C=O) groups excluding carboxylic acids is 1. The third-order valence-corrected chi connectivity index (χ3v) is 3.56. The smallest absolute Gasteiger partial charge is 0.186 e. The maximum Gasteiger partial charge on any atom is 0.186 e. The number of fused-ring (bicyclic) bond motifs is 5. The molecule has 0 bridgehead atoms. The molecule has 2 heterocycles. The van der Waals surface area contributed by atoms with Crippen LogP contribution >= 0.6 is 0 Å². The summed E-state index contributed by atoms with van der Waals surface area (Å²) in [6, 6.07) is 8.11. The molecule has 0 saturated carbocycles. The molecule has 3 nitrogen and oxygen atoms in total. The van der Waals surface area contributed by atoms with Crippen molar-refractivity contribution in [2.75, 3.05) is 13.1 Å². The van der Waals surface area contributed by atoms with E-state index in [1.54, 1.807) is 0 Å². The van der Waals surface area contributed by atoms with Crippen molar-refractivity contribution in [3.63, 3.8) is 0 Å². The Morgan fingerprint density at radius 1 is 0.941 bits per heavy atom. The van der Waals surface area contributed by atoms with Gasteiger partial charge in [0.15, 0.2) is 5.78 Å². The van der Waals surface area contributed by atoms with Crippen LogP contribution in [0, 0.1) is 0 Å². The Kier molecular flexibility index (Phi) is 1.60. The summed E-state index contributed by atoms with van der Waals surface area (Å²) in [7, 11) is 0. The first-order valence-electron chi connectivity index (χ1n) is 5.81. The lowest BCUT2D eigenvalue weighted by Gasteiger charge is -2.01. The van der Waals surface area contributed by atoms with E-state index in [0.717, 1.165) is 40.0 Å². The van der Waals surface area contributed by atoms with Gasteiger partial charge in [-0.25, -0.2) is 0 Å². The monoisotopic (exact) mass is 222 g/mol. The number of hydrogen-bond donors (Lipinski definition) is 0. The van der Waals surface area contributed by atoms with Gasteiger partial charge in [0.05, 0.1) is 10.7 Å². The summed E-state index contributed by atoms with van der Waals surface area (Å²) in [6.45, 7) is 1.17. The van der Waals surface area contributed by atoms with Crippen molar-refractivity contribution >= 4 is 16.6 Å². The van der Waals surface area contributed by atoms with Crippen molar-refractivity contribution in [1.82, 2.24) is 0 Å². The molecule has 2 aliphatic rings. The number of benzene rings is 2. The molecule has 2 aromatic carbocycles. The van der Waals surface area contributed by atoms with Crippen LogP contribution in [0.5, 0.6) is 0 Å². The first-order valence-corrected chi connectivity index (χ1v) is 5.81. The predicted molar refractivity (Wildman–Crippen MR) is 64.0 cm³/mol. The van der Waals surface area contributed by atoms with E-state index in [-0.39, 0.29) is 5.78 Å². The van der Waals surface area contributed by atoms with Gasteiger partial charge in [-0.05, 0) is 18.1 Å². The topological polar surface area (TPSA) is 41.8 Å². The van der Waals surface area contributed by atoms with Gasteiger partial charge in [-0.15, -0.1) is 0 Å². The molecule has 4 rings (SSSR count). The zero-order chi connectivity index (χ0) is 11.4. The highest BCUT2D eigenvalue weighted by Gasteiger charge is 2.17. The Balaban J connectivity index is 2.26. The van der Waals surface area contributed by atoms with Crippen LogP contribution < -0.4 is 10.7 Å². The average Bonchev–Trinajstić information content (AvgIpc) is 2.95. The second-order valence-electron chi connectivity index (χ2n) is 4.50. The van der Waals surface area contributed by atoms with Gasteiger partial charge < -0.3 is 0 Å². The van der Waals surface area contributed by atoms with Gasteiger partial charge in [0.25, 0.3) is 0 Å². The highest BCUT2D eigenvalue weighted by molar-refractivity contribution is 6.02. The Morgan fingerprint density at radius 3 is 2.71 bits per heavy atom. The third-order valence-electron chi connectivity index (χ3n) is 3.56. The fraction of sp³-hybridized carbons (Fsp3) is 0.214. The molecule has 0 spiro atoms. The lowest BCUT2D eigenvalue weighted by atomic mass is 10.0. The minimum absolute atomic E-state index is 0.124. The molecule has 0 amide bonds. The number of rotatable bonds is 0. The summed E-state index contributed by atoms with van der Waals surface area (Å²) >= 11 is 0. The van der Waals surface area contributed by atoms with Crippen molar-refractivity contribution in [1.29, 1.82) is 0 Å². The van der Waals surface area contributed by atoms with Crippen molar-refractivity contribution in [3.8, 4) is 0 Å². The Hall–Kier alpha value is -2.03. The van der Waals surface area contributed by atoms with Gasteiger partial charge in [-0.2, -0.15) is 0 Å². The third kappa shape index (κ3) is 1.08. The molecule has 0 N–H and O–H groups in total. The lowest BCUT2D eigenvalue weighted by Crippen LogP contribution is -2.14. The summed E-state index contributed by atoms with van der Waals surface area (Å²) < 4.78 is 0. The van der Waals surface area contributed by atoms with Crippen molar-refractivity contribution in [2.24, 2.45) is 9.98 Å². The zero-order valence-electron chi connectivity index (χ0n) is 9.23. The predicted octanol–water partition coefficient (Wildman–Crippen LogP) is 0.831. The van der Waals surface area contributed by atoms with Crippen molar-refractivity contribution in [3.05, 3.63) is 46.1 Å². The van der Waals surface area contributed by atoms with Gasteiger partial charge in [0.2, 0.25) is 0 Å². The summed E-state index contributed by atoms with van der Waals surface area (Å²) in [5.41, 5.74) is 2.07. The van der Waals surface area contributed by atoms with Crippen LogP contribution in [0.4, 0.5) is 0 Å². The van der Waals surface area contributed by atoms with Gasteiger partial charge in [-0.1, -0.05) is 18.2 Å². The Labute approximate surface area is 97.5 Å². The molecular formula is C14H10N2O. The van der Waals surface area contributed by atoms with Crippen LogP contribution in [0.1, 0.15) is 15.9 Å². The molecule has 0 fully saturated rings. The van der Waals surface area contributed by atoms with E-state index in [2.05, 4.69) is 22.1 Å². The van der Waals surface area contributed by atoms with Crippen molar-refractivity contribution < 1.29 is 4.79 Å². The lowest BCUT2D eigenvalue weighted by molar-refractivity contribution is 0.101. The first kappa shape index (κ1) is 9.05. The second kappa shape index (κ2) is 3.00. The molecule has 3 heteroatoms. The van der Waals surface area contributed by atoms with Crippen molar-refractivity contribution in [2.45, 2.75) is 6.42 Å². The number of Topliss-reactive ketones (excluding diaryl/α,β-unsaturated/α-hetero) is 1. The molecule has 0 atom stereocenters. The summed E-state index contributed by atoms with van der Waals surface area (Å²) in [6.07, 6.45) is 1.03. The van der Waals surface area contributed by atoms with E-state index >= 15 is 0 Å². The largest absolute Gasteiger partial charge is 0.292 e. The van der Waals surface area contributed by atoms with Crippen LogP contribution in [0.2, 0.25) is 0 Å². The molecule has 0 aliphatic carbocycles. The van der Waals surface area contributed by atoms with Crippen LogP contribution in [-0.2, 0) is 6.42 Å². The Bertz CT molecular complexity index is 790. The van der Waals surface area contributed by atoms with Gasteiger partial charge in [0.1, 0.15) is 6.54 Å². The van der Waals surface area contributed by atoms with Crippen LogP contribution in [0.15, 0.2) is 34.3 Å². The first-order chi connectivity index (χ1) is 8.34. The molecule has 0 aromatic heterocycles. The molecule has 0 unspecified atom stereocenters. The number of ketones is 1. The minimum atomic E-state index is 0.124. The zero-order valence-corrected chi connectivity index (χ0v) is 9.23. The number of carbonyl (C=O) groups is 1. The summed E-state index contributed by atoms with van der Waals surface area (Å²) in [5, 5.41) is 4.16. The van der Waals surface area contributed by atoms with Crippen LogP contribution in [-0.4, -0.2) is 18.9 Å². The van der Waals surface area contributed by atoms with Gasteiger partial charge in [-0.3, -0.25) is 14.8 Å². The van der Waals surface area contributed by atoms with E-state index in [0.29, 0.717) is 6.54 Å². The number of nitrogens with zero attached hydrogens (tertiary/aromatic N) is 2. The molecule has 82 valence electrons. The van der Waals surface area contributed by atoms with Gasteiger partial charge >= 0.3 is 0 Å². The van der Waals surface area contributed by atoms with Crippen LogP contribution in [0.3, 0.4) is 0 Å². The summed E-state index contributed by atoms with van der Waals surface area (Å²) in [4.78, 5) is 20.5. The van der Waals surface area contributed by atoms with E-state index in [1.807, 2.05) is 12.1 Å². The molecule has 2 aromatic rings. The SMILES string of the molecule is O=C1CN=c2c1ccc1c3c(ccc21)CCN=3. The molecular weight excluding hydrogens is 212 g/mol. The molecule has 0 saturated heterocycles. The average molecular weight is 222 g/mol. The van der Waals surface area contributed by atoms with E-state index < -0.39 is 0 Å². The van der Waals surface area contributed by atoms with E-state index in [1.165, 1.54) is 5.56 Å². The normalized spacial score (nSPS) is 16.6. The minimum Gasteiger partial charge on any atom is -0.292 e. The molecule has 17 heavy (non-hydrogen) atoms. The quantitative estimate of drug-likeness (QED) is 0.651. The second-order valence-corrected chi connectivity index (χ2v) is 4.50. The van der Waals surface area contributed by atoms with E-state index in [4.69, 9.17) is 0 Å². The maximum atomic E-state index is 11.6. The maximum absolute atomic E-state index is 11.6. The Morgan fingerprint density at radius 2 is 1.76 bits per heavy atom. The molecule has 2 aliphatic heterocycles.